The third-order valence-corrected chi connectivity index (χ3v) is 1.81. The number of phenols is 2. The van der Waals surface area contributed by atoms with Gasteiger partial charge in [0.1, 0.15) is 6.04 Å². The van der Waals surface area contributed by atoms with Gasteiger partial charge in [-0.3, -0.25) is 4.79 Å². The van der Waals surface area contributed by atoms with Gasteiger partial charge in [-0.2, -0.15) is 0 Å². The molecule has 0 aliphatic heterocycles. The number of rotatable bonds is 3. The van der Waals surface area contributed by atoms with Crippen LogP contribution >= 0.6 is 0 Å². The van der Waals surface area contributed by atoms with Crippen molar-refractivity contribution in [2.45, 2.75) is 12.5 Å². The fraction of sp³-hybridized carbons (Fsp3) is 0.222. The monoisotopic (exact) mass is 196 g/mol. The van der Waals surface area contributed by atoms with Gasteiger partial charge in [0.25, 0.3) is 0 Å². The van der Waals surface area contributed by atoms with Crippen molar-refractivity contribution in [3.63, 3.8) is 0 Å². The van der Waals surface area contributed by atoms with Gasteiger partial charge < -0.3 is 21.1 Å². The Balaban J connectivity index is 2.78. The van der Waals surface area contributed by atoms with E-state index in [9.17, 15) is 4.79 Å². The van der Waals surface area contributed by atoms with Crippen LogP contribution in [0.5, 0.6) is 11.5 Å². The molecular weight excluding hydrogens is 185 g/mol. The van der Waals surface area contributed by atoms with E-state index in [-0.39, 0.29) is 17.9 Å². The predicted octanol–water partition coefficient (Wildman–Crippen LogP) is 0.0522. The second-order valence-corrected chi connectivity index (χ2v) is 2.97. The van der Waals surface area contributed by atoms with Crippen molar-refractivity contribution < 1.29 is 20.1 Å². The smallest absolute Gasteiger partial charge is 0.320 e. The molecule has 1 aromatic carbocycles. The van der Waals surface area contributed by atoms with Gasteiger partial charge in [0.05, 0.1) is 0 Å². The van der Waals surface area contributed by atoms with Crippen molar-refractivity contribution in [1.82, 2.24) is 0 Å². The summed E-state index contributed by atoms with van der Waals surface area (Å²) in [4.78, 5) is 10.4. The quantitative estimate of drug-likeness (QED) is 0.511. The molecule has 0 aliphatic rings. The third-order valence-electron chi connectivity index (χ3n) is 1.81. The highest BCUT2D eigenvalue weighted by Gasteiger charge is 2.12. The second-order valence-electron chi connectivity index (χ2n) is 2.97. The number of carboxylic acids is 1. The molecule has 0 radical (unpaired) electrons. The van der Waals surface area contributed by atoms with E-state index in [1.54, 1.807) is 0 Å². The predicted molar refractivity (Wildman–Crippen MR) is 49.1 cm³/mol. The summed E-state index contributed by atoms with van der Waals surface area (Å²) in [6.45, 7) is 0. The zero-order chi connectivity index (χ0) is 10.7. The van der Waals surface area contributed by atoms with Crippen LogP contribution in [0.1, 0.15) is 5.56 Å². The summed E-state index contributed by atoms with van der Waals surface area (Å²) >= 11 is 0. The molecule has 14 heavy (non-hydrogen) atoms. The van der Waals surface area contributed by atoms with Crippen molar-refractivity contribution in [2.24, 2.45) is 5.73 Å². The summed E-state index contributed by atoms with van der Waals surface area (Å²) in [7, 11) is 0. The maximum absolute atomic E-state index is 10.4. The fourth-order valence-electron chi connectivity index (χ4n) is 1.04. The van der Waals surface area contributed by atoms with Gasteiger partial charge in [0.15, 0.2) is 11.5 Å². The lowest BCUT2D eigenvalue weighted by molar-refractivity contribution is -0.138. The van der Waals surface area contributed by atoms with E-state index in [0.29, 0.717) is 5.56 Å². The second kappa shape index (κ2) is 3.97. The molecule has 76 valence electrons. The molecule has 5 heteroatoms. The Morgan fingerprint density at radius 2 is 2.00 bits per heavy atom. The van der Waals surface area contributed by atoms with Gasteiger partial charge in [-0.1, -0.05) is 6.07 Å². The number of carboxylic acid groups (broad SMARTS) is 1. The molecule has 1 unspecified atom stereocenters. The average molecular weight is 196 g/mol. The van der Waals surface area contributed by atoms with Crippen molar-refractivity contribution >= 4 is 5.97 Å². The highest BCUT2D eigenvalue weighted by molar-refractivity contribution is 5.73. The van der Waals surface area contributed by atoms with Crippen molar-refractivity contribution in [3.05, 3.63) is 23.8 Å². The van der Waals surface area contributed by atoms with E-state index in [4.69, 9.17) is 21.1 Å². The van der Waals surface area contributed by atoms with E-state index in [1.807, 2.05) is 0 Å². The number of nitrogens with two attached hydrogens (primary N) is 1. The SMILES string of the molecule is NC([11CH2]c1ccc(O)c(O)c1)C(=O)O. The Hall–Kier alpha value is -1.75. The molecule has 0 amide bonds. The molecule has 0 aliphatic carbocycles. The van der Waals surface area contributed by atoms with Crippen LogP contribution in [0.25, 0.3) is 0 Å². The standard InChI is InChI=1S/C9H11NO4/c10-6(9(13)14)3-5-1-2-7(11)8(12)4-5/h1-2,4,6,11-12H,3,10H2,(H,13,14)/i3-1. The fourth-order valence-corrected chi connectivity index (χ4v) is 1.04. The maximum Gasteiger partial charge on any atom is 0.320 e. The van der Waals surface area contributed by atoms with Crippen LogP contribution in [0, 0.1) is 0 Å². The van der Waals surface area contributed by atoms with Crippen LogP contribution < -0.4 is 5.73 Å². The summed E-state index contributed by atoms with van der Waals surface area (Å²) in [5.41, 5.74) is 5.86. The van der Waals surface area contributed by atoms with Gasteiger partial charge in [-0.05, 0) is 24.1 Å². The average Bonchev–Trinajstić information content (AvgIpc) is 2.11. The van der Waals surface area contributed by atoms with Crippen LogP contribution in [-0.4, -0.2) is 27.3 Å². The van der Waals surface area contributed by atoms with Gasteiger partial charge in [0, 0.05) is 0 Å². The number of aromatic hydroxyl groups is 2. The molecule has 1 aromatic rings. The molecule has 1 atom stereocenters. The molecule has 0 heterocycles. The zero-order valence-electron chi connectivity index (χ0n) is 7.34. The molecule has 0 spiro atoms. The number of aliphatic carboxylic acids is 1. The van der Waals surface area contributed by atoms with Crippen LogP contribution in [0.2, 0.25) is 0 Å². The summed E-state index contributed by atoms with van der Waals surface area (Å²) in [5, 5.41) is 26.6. The Labute approximate surface area is 80.4 Å². The van der Waals surface area contributed by atoms with E-state index < -0.39 is 12.0 Å². The molecule has 0 saturated heterocycles. The largest absolute Gasteiger partial charge is 0.504 e. The summed E-state index contributed by atoms with van der Waals surface area (Å²) in [6, 6.07) is 3.09. The Morgan fingerprint density at radius 1 is 1.36 bits per heavy atom. The van der Waals surface area contributed by atoms with Crippen molar-refractivity contribution in [3.8, 4) is 11.5 Å². The van der Waals surface area contributed by atoms with Crippen LogP contribution in [-0.2, 0) is 11.2 Å². The third kappa shape index (κ3) is 2.37. The number of benzene rings is 1. The minimum absolute atomic E-state index is 0.114. The molecule has 0 saturated carbocycles. The minimum Gasteiger partial charge on any atom is -0.504 e. The first kappa shape index (κ1) is 10.3. The highest BCUT2D eigenvalue weighted by atomic mass is 16.4. The molecule has 5 N–H and O–H groups in total. The number of carbonyl (C=O) groups is 1. The van der Waals surface area contributed by atoms with Crippen LogP contribution in [0.15, 0.2) is 18.2 Å². The van der Waals surface area contributed by atoms with E-state index in [0.717, 1.165) is 0 Å². The lowest BCUT2D eigenvalue weighted by atomic mass is 9.73. The van der Waals surface area contributed by atoms with E-state index in [2.05, 4.69) is 0 Å². The minimum atomic E-state index is -1.10. The van der Waals surface area contributed by atoms with Crippen molar-refractivity contribution in [2.75, 3.05) is 0 Å². The van der Waals surface area contributed by atoms with Gasteiger partial charge in [-0.25, -0.2) is 0 Å². The Kier molecular flexibility index (Phi) is 2.93. The number of phenolic OH excluding ortho intramolecular Hbond substituents is 2. The summed E-state index contributed by atoms with van der Waals surface area (Å²) < 4.78 is 0. The highest BCUT2D eigenvalue weighted by Crippen LogP contribution is 2.25. The van der Waals surface area contributed by atoms with Crippen LogP contribution in [0.4, 0.5) is 0 Å². The lowest BCUT2D eigenvalue weighted by Gasteiger charge is -2.06. The van der Waals surface area contributed by atoms with Crippen LogP contribution in [0.3, 0.4) is 0 Å². The first-order valence-electron chi connectivity index (χ1n) is 4.00. The normalized spacial score (nSPS) is 12.4. The Morgan fingerprint density at radius 3 is 2.50 bits per heavy atom. The van der Waals surface area contributed by atoms with E-state index in [1.165, 1.54) is 18.2 Å². The molecule has 0 aromatic heterocycles. The molecule has 5 nitrogen and oxygen atoms in total. The molecular formula is C9H11NO4. The first-order valence-corrected chi connectivity index (χ1v) is 4.00. The molecule has 1 rings (SSSR count). The topological polar surface area (TPSA) is 104 Å². The molecule has 0 bridgehead atoms. The summed E-state index contributed by atoms with van der Waals surface area (Å²) in [5.74, 6) is -1.62. The lowest BCUT2D eigenvalue weighted by Crippen LogP contribution is -2.32. The van der Waals surface area contributed by atoms with Crippen molar-refractivity contribution in [1.29, 1.82) is 0 Å². The molecule has 0 fully saturated rings. The number of hydrogen-bond donors (Lipinski definition) is 4. The van der Waals surface area contributed by atoms with Gasteiger partial charge in [-0.15, -0.1) is 0 Å². The van der Waals surface area contributed by atoms with Gasteiger partial charge in [0.2, 0.25) is 0 Å². The first-order chi connectivity index (χ1) is 6.50. The summed E-state index contributed by atoms with van der Waals surface area (Å²) in [6.07, 6.45) is 0.114. The number of hydrogen-bond acceptors (Lipinski definition) is 4. The zero-order valence-corrected chi connectivity index (χ0v) is 7.34. The van der Waals surface area contributed by atoms with E-state index >= 15 is 0 Å². The van der Waals surface area contributed by atoms with Gasteiger partial charge >= 0.3 is 5.97 Å². The maximum atomic E-state index is 10.4. The Bertz CT molecular complexity index is 351.